The van der Waals surface area contributed by atoms with Gasteiger partial charge in [0.25, 0.3) is 0 Å². The van der Waals surface area contributed by atoms with Crippen LogP contribution in [0.3, 0.4) is 0 Å². The smallest absolute Gasteiger partial charge is 0.169 e. The fourth-order valence-corrected chi connectivity index (χ4v) is 3.38. The molecule has 1 aliphatic rings. The Morgan fingerprint density at radius 3 is 2.67 bits per heavy atom. The van der Waals surface area contributed by atoms with Crippen molar-refractivity contribution >= 4 is 17.3 Å². The molecule has 27 heavy (non-hydrogen) atoms. The summed E-state index contributed by atoms with van der Waals surface area (Å²) in [6.45, 7) is 9.21. The molecule has 0 amide bonds. The Balaban J connectivity index is 1.51. The first-order chi connectivity index (χ1) is 13.2. The van der Waals surface area contributed by atoms with Gasteiger partial charge in [0, 0.05) is 32.7 Å². The van der Waals surface area contributed by atoms with Crippen LogP contribution < -0.4 is 5.32 Å². The van der Waals surface area contributed by atoms with E-state index in [2.05, 4.69) is 46.3 Å². The number of morpholine rings is 1. The lowest BCUT2D eigenvalue weighted by Gasteiger charge is -2.29. The van der Waals surface area contributed by atoms with Crippen molar-refractivity contribution in [2.45, 2.75) is 26.4 Å². The van der Waals surface area contributed by atoms with Gasteiger partial charge < -0.3 is 19.4 Å². The number of furan rings is 1. The number of hydrogen-bond acceptors (Lipinski definition) is 4. The average molecular weight is 388 g/mol. The Hall–Kier alpha value is -1.89. The first kappa shape index (κ1) is 19.9. The zero-order valence-electron chi connectivity index (χ0n) is 16.0. The van der Waals surface area contributed by atoms with Gasteiger partial charge in [0.1, 0.15) is 5.76 Å². The second-order valence-electron chi connectivity index (χ2n) is 6.95. The summed E-state index contributed by atoms with van der Waals surface area (Å²) in [6, 6.07) is 12.5. The first-order valence-corrected chi connectivity index (χ1v) is 10.0. The zero-order valence-corrected chi connectivity index (χ0v) is 16.8. The van der Waals surface area contributed by atoms with Crippen LogP contribution in [0.2, 0.25) is 0 Å². The Labute approximate surface area is 167 Å². The minimum absolute atomic E-state index is 0.690. The minimum Gasteiger partial charge on any atom is -0.467 e. The van der Waals surface area contributed by atoms with Crippen molar-refractivity contribution in [1.82, 2.24) is 15.1 Å². The van der Waals surface area contributed by atoms with Crippen LogP contribution in [-0.2, 0) is 17.8 Å². The Morgan fingerprint density at radius 1 is 1.19 bits per heavy atom. The van der Waals surface area contributed by atoms with Crippen molar-refractivity contribution in [3.05, 3.63) is 59.5 Å². The van der Waals surface area contributed by atoms with Crippen molar-refractivity contribution in [1.29, 1.82) is 0 Å². The maximum absolute atomic E-state index is 5.68. The molecule has 1 aliphatic heterocycles. The fraction of sp³-hybridized carbons (Fsp3) is 0.476. The van der Waals surface area contributed by atoms with Crippen LogP contribution in [0.1, 0.15) is 23.3 Å². The third kappa shape index (κ3) is 6.65. The lowest BCUT2D eigenvalue weighted by Crippen LogP contribution is -2.41. The van der Waals surface area contributed by atoms with Crippen molar-refractivity contribution in [2.24, 2.45) is 0 Å². The standard InChI is InChI=1S/C21H29N3O2S/c1-18-5-7-19(8-6-18)16-22-21(27)24(17-20-4-2-13-26-20)10-3-9-23-11-14-25-15-12-23/h2,4-8,13H,3,9-12,14-17H2,1H3,(H,22,27). The van der Waals surface area contributed by atoms with E-state index < -0.39 is 0 Å². The molecule has 1 saturated heterocycles. The molecular formula is C21H29N3O2S. The molecular weight excluding hydrogens is 358 g/mol. The van der Waals surface area contributed by atoms with E-state index in [0.29, 0.717) is 6.54 Å². The summed E-state index contributed by atoms with van der Waals surface area (Å²) < 4.78 is 11.0. The highest BCUT2D eigenvalue weighted by Gasteiger charge is 2.14. The number of hydrogen-bond donors (Lipinski definition) is 1. The molecule has 146 valence electrons. The number of thiocarbonyl (C=S) groups is 1. The summed E-state index contributed by atoms with van der Waals surface area (Å²) in [5, 5.41) is 4.17. The monoisotopic (exact) mass is 387 g/mol. The quantitative estimate of drug-likeness (QED) is 0.702. The molecule has 6 heteroatoms. The van der Waals surface area contributed by atoms with E-state index in [1.165, 1.54) is 11.1 Å². The lowest BCUT2D eigenvalue weighted by atomic mass is 10.1. The predicted octanol–water partition coefficient (Wildman–Crippen LogP) is 3.19. The second kappa shape index (κ2) is 10.4. The molecule has 0 aliphatic carbocycles. The molecule has 0 bridgehead atoms. The van der Waals surface area contributed by atoms with Gasteiger partial charge in [-0.15, -0.1) is 0 Å². The number of nitrogens with zero attached hydrogens (tertiary/aromatic N) is 2. The van der Waals surface area contributed by atoms with Crippen LogP contribution >= 0.6 is 12.2 Å². The van der Waals surface area contributed by atoms with E-state index in [-0.39, 0.29) is 0 Å². The molecule has 3 rings (SSSR count). The Kier molecular flexibility index (Phi) is 7.68. The van der Waals surface area contributed by atoms with E-state index in [4.69, 9.17) is 21.4 Å². The SMILES string of the molecule is Cc1ccc(CNC(=S)N(CCCN2CCOCC2)Cc2ccco2)cc1. The third-order valence-electron chi connectivity index (χ3n) is 4.78. The molecule has 0 spiro atoms. The van der Waals surface area contributed by atoms with Gasteiger partial charge >= 0.3 is 0 Å². The first-order valence-electron chi connectivity index (χ1n) is 9.61. The Bertz CT molecular complexity index is 682. The number of aryl methyl sites for hydroxylation is 1. The van der Waals surface area contributed by atoms with Crippen molar-refractivity contribution in [3.8, 4) is 0 Å². The van der Waals surface area contributed by atoms with Gasteiger partial charge in [-0.3, -0.25) is 4.90 Å². The number of rotatable bonds is 8. The lowest BCUT2D eigenvalue weighted by molar-refractivity contribution is 0.0367. The summed E-state index contributed by atoms with van der Waals surface area (Å²) in [4.78, 5) is 4.65. The molecule has 2 aromatic rings. The maximum atomic E-state index is 5.68. The molecule has 1 aromatic carbocycles. The average Bonchev–Trinajstić information content (AvgIpc) is 3.20. The van der Waals surface area contributed by atoms with Gasteiger partial charge in [-0.05, 0) is 43.3 Å². The van der Waals surface area contributed by atoms with E-state index in [1.807, 2.05) is 12.1 Å². The minimum atomic E-state index is 0.690. The largest absolute Gasteiger partial charge is 0.467 e. The molecule has 5 nitrogen and oxygen atoms in total. The highest BCUT2D eigenvalue weighted by Crippen LogP contribution is 2.09. The summed E-state index contributed by atoms with van der Waals surface area (Å²) in [5.74, 6) is 0.931. The zero-order chi connectivity index (χ0) is 18.9. The van der Waals surface area contributed by atoms with Crippen molar-refractivity contribution in [3.63, 3.8) is 0 Å². The highest BCUT2D eigenvalue weighted by atomic mass is 32.1. The third-order valence-corrected chi connectivity index (χ3v) is 5.19. The Morgan fingerprint density at radius 2 is 1.96 bits per heavy atom. The molecule has 1 fully saturated rings. The summed E-state index contributed by atoms with van der Waals surface area (Å²) in [7, 11) is 0. The highest BCUT2D eigenvalue weighted by molar-refractivity contribution is 7.80. The molecule has 2 heterocycles. The van der Waals surface area contributed by atoms with Gasteiger partial charge in [-0.25, -0.2) is 0 Å². The van der Waals surface area contributed by atoms with Gasteiger partial charge in [0.2, 0.25) is 0 Å². The van der Waals surface area contributed by atoms with E-state index in [0.717, 1.165) is 63.2 Å². The van der Waals surface area contributed by atoms with E-state index in [9.17, 15) is 0 Å². The van der Waals surface area contributed by atoms with Crippen molar-refractivity contribution in [2.75, 3.05) is 39.4 Å². The molecule has 0 unspecified atom stereocenters. The summed E-state index contributed by atoms with van der Waals surface area (Å²) in [6.07, 6.45) is 2.77. The van der Waals surface area contributed by atoms with Gasteiger partial charge in [-0.1, -0.05) is 29.8 Å². The van der Waals surface area contributed by atoms with E-state index >= 15 is 0 Å². The maximum Gasteiger partial charge on any atom is 0.169 e. The van der Waals surface area contributed by atoms with Crippen LogP contribution in [0, 0.1) is 6.92 Å². The number of benzene rings is 1. The molecule has 0 saturated carbocycles. The van der Waals surface area contributed by atoms with E-state index in [1.54, 1.807) is 6.26 Å². The second-order valence-corrected chi connectivity index (χ2v) is 7.34. The van der Waals surface area contributed by atoms with Crippen molar-refractivity contribution < 1.29 is 9.15 Å². The fourth-order valence-electron chi connectivity index (χ4n) is 3.15. The molecule has 0 atom stereocenters. The van der Waals surface area contributed by atoms with Crippen LogP contribution in [-0.4, -0.2) is 54.3 Å². The van der Waals surface area contributed by atoms with Gasteiger partial charge in [0.05, 0.1) is 26.0 Å². The molecule has 1 N–H and O–H groups in total. The van der Waals surface area contributed by atoms with Gasteiger partial charge in [-0.2, -0.15) is 0 Å². The topological polar surface area (TPSA) is 40.9 Å². The summed E-state index contributed by atoms with van der Waals surface area (Å²) in [5.41, 5.74) is 2.50. The van der Waals surface area contributed by atoms with Crippen LogP contribution in [0.15, 0.2) is 47.1 Å². The van der Waals surface area contributed by atoms with Crippen LogP contribution in [0.25, 0.3) is 0 Å². The van der Waals surface area contributed by atoms with Crippen LogP contribution in [0.4, 0.5) is 0 Å². The predicted molar refractivity (Wildman–Crippen MR) is 112 cm³/mol. The molecule has 1 aromatic heterocycles. The number of ether oxygens (including phenoxy) is 1. The molecule has 0 radical (unpaired) electrons. The summed E-state index contributed by atoms with van der Waals surface area (Å²) >= 11 is 5.68. The van der Waals surface area contributed by atoms with Gasteiger partial charge in [0.15, 0.2) is 5.11 Å². The normalized spacial score (nSPS) is 14.9. The number of nitrogens with one attached hydrogen (secondary N) is 1. The van der Waals surface area contributed by atoms with Crippen LogP contribution in [0.5, 0.6) is 0 Å².